The van der Waals surface area contributed by atoms with Gasteiger partial charge in [-0.25, -0.2) is 5.48 Å². The molecule has 0 spiro atoms. The SMILES string of the molecule is O=C(CCCCCCn1cc(C(=O)NCc2ccc(Cl)cc2)c2ccccc21)NO. The summed E-state index contributed by atoms with van der Waals surface area (Å²) >= 11 is 5.91. The summed E-state index contributed by atoms with van der Waals surface area (Å²) in [5.74, 6) is -0.449. The minimum atomic E-state index is -0.347. The predicted octanol–water partition coefficient (Wildman–Crippen LogP) is 4.68. The van der Waals surface area contributed by atoms with Crippen LogP contribution in [0.3, 0.4) is 0 Å². The van der Waals surface area contributed by atoms with Crippen molar-refractivity contribution in [1.29, 1.82) is 0 Å². The number of unbranched alkanes of at least 4 members (excludes halogenated alkanes) is 3. The minimum absolute atomic E-state index is 0.102. The average molecular weight is 428 g/mol. The van der Waals surface area contributed by atoms with Crippen LogP contribution >= 0.6 is 11.6 Å². The van der Waals surface area contributed by atoms with E-state index in [0.717, 1.165) is 48.7 Å². The molecule has 0 fully saturated rings. The Hall–Kier alpha value is -2.83. The number of nitrogens with zero attached hydrogens (tertiary/aromatic N) is 1. The zero-order valence-electron chi connectivity index (χ0n) is 16.7. The van der Waals surface area contributed by atoms with Gasteiger partial charge in [0.1, 0.15) is 0 Å². The van der Waals surface area contributed by atoms with Gasteiger partial charge in [-0.2, -0.15) is 0 Å². The molecule has 3 N–H and O–H groups in total. The normalized spacial score (nSPS) is 10.9. The molecule has 3 rings (SSSR count). The average Bonchev–Trinajstić information content (AvgIpc) is 3.14. The fourth-order valence-corrected chi connectivity index (χ4v) is 3.60. The van der Waals surface area contributed by atoms with Gasteiger partial charge in [0.15, 0.2) is 0 Å². The van der Waals surface area contributed by atoms with E-state index in [0.29, 0.717) is 23.6 Å². The third kappa shape index (κ3) is 5.84. The molecule has 6 nitrogen and oxygen atoms in total. The minimum Gasteiger partial charge on any atom is -0.348 e. The molecule has 0 atom stereocenters. The molecule has 1 heterocycles. The number of amides is 2. The van der Waals surface area contributed by atoms with Crippen LogP contribution in [-0.4, -0.2) is 21.6 Å². The van der Waals surface area contributed by atoms with Crippen molar-refractivity contribution in [3.63, 3.8) is 0 Å². The van der Waals surface area contributed by atoms with Gasteiger partial charge in [-0.1, -0.05) is 54.8 Å². The Morgan fingerprint density at radius 2 is 1.70 bits per heavy atom. The summed E-state index contributed by atoms with van der Waals surface area (Å²) in [7, 11) is 0. The lowest BCUT2D eigenvalue weighted by Crippen LogP contribution is -2.22. The quantitative estimate of drug-likeness (QED) is 0.249. The number of fused-ring (bicyclic) bond motifs is 1. The first-order chi connectivity index (χ1) is 14.6. The fourth-order valence-electron chi connectivity index (χ4n) is 3.47. The van der Waals surface area contributed by atoms with Gasteiger partial charge in [0.25, 0.3) is 5.91 Å². The van der Waals surface area contributed by atoms with Crippen LogP contribution in [0.25, 0.3) is 10.9 Å². The molecular formula is C23H26ClN3O3. The van der Waals surface area contributed by atoms with Crippen LogP contribution in [0.2, 0.25) is 5.02 Å². The van der Waals surface area contributed by atoms with Crippen molar-refractivity contribution < 1.29 is 14.8 Å². The van der Waals surface area contributed by atoms with Crippen LogP contribution in [0.1, 0.15) is 48.0 Å². The Kier molecular flexibility index (Phi) is 7.88. The van der Waals surface area contributed by atoms with E-state index in [1.54, 1.807) is 5.48 Å². The Morgan fingerprint density at radius 3 is 2.47 bits per heavy atom. The number of carbonyl (C=O) groups is 2. The molecule has 0 bridgehead atoms. The Morgan fingerprint density at radius 1 is 0.967 bits per heavy atom. The van der Waals surface area contributed by atoms with Crippen molar-refractivity contribution in [1.82, 2.24) is 15.4 Å². The van der Waals surface area contributed by atoms with Crippen molar-refractivity contribution in [2.24, 2.45) is 0 Å². The number of nitrogens with one attached hydrogen (secondary N) is 2. The molecule has 158 valence electrons. The van der Waals surface area contributed by atoms with E-state index in [1.165, 1.54) is 0 Å². The topological polar surface area (TPSA) is 83.4 Å². The summed E-state index contributed by atoms with van der Waals surface area (Å²) in [4.78, 5) is 23.8. The fraction of sp³-hybridized carbons (Fsp3) is 0.304. The number of benzene rings is 2. The summed E-state index contributed by atoms with van der Waals surface area (Å²) in [6.07, 6.45) is 5.84. The second-order valence-corrected chi connectivity index (χ2v) is 7.70. The van der Waals surface area contributed by atoms with E-state index >= 15 is 0 Å². The number of hydroxylamine groups is 1. The van der Waals surface area contributed by atoms with Crippen LogP contribution < -0.4 is 10.8 Å². The molecule has 2 aromatic carbocycles. The number of halogens is 1. The highest BCUT2D eigenvalue weighted by Crippen LogP contribution is 2.22. The summed E-state index contributed by atoms with van der Waals surface area (Å²) in [6, 6.07) is 15.3. The van der Waals surface area contributed by atoms with Gasteiger partial charge in [0.2, 0.25) is 5.91 Å². The highest BCUT2D eigenvalue weighted by atomic mass is 35.5. The maximum absolute atomic E-state index is 12.8. The zero-order chi connectivity index (χ0) is 21.3. The molecule has 2 amide bonds. The largest absolute Gasteiger partial charge is 0.348 e. The monoisotopic (exact) mass is 427 g/mol. The van der Waals surface area contributed by atoms with Gasteiger partial charge < -0.3 is 9.88 Å². The number of hydrogen-bond donors (Lipinski definition) is 3. The van der Waals surface area contributed by atoms with Crippen LogP contribution in [0.4, 0.5) is 0 Å². The van der Waals surface area contributed by atoms with Crippen molar-refractivity contribution >= 4 is 34.3 Å². The van der Waals surface area contributed by atoms with Crippen molar-refractivity contribution in [2.45, 2.75) is 45.2 Å². The molecule has 30 heavy (non-hydrogen) atoms. The Labute approximate surface area is 180 Å². The Balaban J connectivity index is 1.59. The highest BCUT2D eigenvalue weighted by molar-refractivity contribution is 6.30. The zero-order valence-corrected chi connectivity index (χ0v) is 17.5. The number of para-hydroxylation sites is 1. The molecule has 0 aliphatic heterocycles. The molecule has 7 heteroatoms. The maximum Gasteiger partial charge on any atom is 0.253 e. The molecule has 3 aromatic rings. The van der Waals surface area contributed by atoms with E-state index in [9.17, 15) is 9.59 Å². The second kappa shape index (κ2) is 10.8. The molecule has 0 aliphatic rings. The molecule has 0 unspecified atom stereocenters. The first-order valence-electron chi connectivity index (χ1n) is 10.1. The molecule has 0 radical (unpaired) electrons. The first kappa shape index (κ1) is 21.9. The highest BCUT2D eigenvalue weighted by Gasteiger charge is 2.14. The molecular weight excluding hydrogens is 402 g/mol. The van der Waals surface area contributed by atoms with Gasteiger partial charge in [0.05, 0.1) is 5.56 Å². The summed E-state index contributed by atoms with van der Waals surface area (Å²) in [6.45, 7) is 1.24. The third-order valence-electron chi connectivity index (χ3n) is 5.08. The number of rotatable bonds is 10. The van der Waals surface area contributed by atoms with Crippen LogP contribution in [0, 0.1) is 0 Å². The number of aryl methyl sites for hydroxylation is 1. The predicted molar refractivity (Wildman–Crippen MR) is 118 cm³/mol. The summed E-state index contributed by atoms with van der Waals surface area (Å²) in [5, 5.41) is 13.1. The maximum atomic E-state index is 12.8. The van der Waals surface area contributed by atoms with Crippen LogP contribution in [0.5, 0.6) is 0 Å². The first-order valence-corrected chi connectivity index (χ1v) is 10.5. The lowest BCUT2D eigenvalue weighted by molar-refractivity contribution is -0.129. The van der Waals surface area contributed by atoms with Crippen LogP contribution in [0.15, 0.2) is 54.7 Å². The summed E-state index contributed by atoms with van der Waals surface area (Å²) < 4.78 is 2.12. The van der Waals surface area contributed by atoms with E-state index < -0.39 is 0 Å². The van der Waals surface area contributed by atoms with Gasteiger partial charge in [-0.05, 0) is 36.6 Å². The van der Waals surface area contributed by atoms with Gasteiger partial charge in [0, 0.05) is 41.6 Å². The standard InChI is InChI=1S/C23H26ClN3O3/c24-18-12-10-17(11-13-18)15-25-23(29)20-16-27(21-8-5-4-7-19(20)21)14-6-2-1-3-9-22(28)26-30/h4-5,7-8,10-13,16,30H,1-3,6,9,14-15H2,(H,25,29)(H,26,28). The third-order valence-corrected chi connectivity index (χ3v) is 5.33. The van der Waals surface area contributed by atoms with Gasteiger partial charge in [-0.3, -0.25) is 14.8 Å². The number of carbonyl (C=O) groups excluding carboxylic acids is 2. The lowest BCUT2D eigenvalue weighted by Gasteiger charge is -2.05. The molecule has 0 saturated carbocycles. The van der Waals surface area contributed by atoms with Crippen molar-refractivity contribution in [2.75, 3.05) is 0 Å². The number of aromatic nitrogens is 1. The lowest BCUT2D eigenvalue weighted by atomic mass is 10.1. The molecule has 0 saturated heterocycles. The Bertz CT molecular complexity index is 999. The van der Waals surface area contributed by atoms with Crippen molar-refractivity contribution in [3.8, 4) is 0 Å². The second-order valence-electron chi connectivity index (χ2n) is 7.26. The van der Waals surface area contributed by atoms with Gasteiger partial charge in [-0.15, -0.1) is 0 Å². The van der Waals surface area contributed by atoms with E-state index in [-0.39, 0.29) is 11.8 Å². The molecule has 1 aromatic heterocycles. The smallest absolute Gasteiger partial charge is 0.253 e. The van der Waals surface area contributed by atoms with E-state index in [2.05, 4.69) is 9.88 Å². The molecule has 0 aliphatic carbocycles. The van der Waals surface area contributed by atoms with Crippen molar-refractivity contribution in [3.05, 3.63) is 70.9 Å². The van der Waals surface area contributed by atoms with E-state index in [4.69, 9.17) is 16.8 Å². The summed E-state index contributed by atoms with van der Waals surface area (Å²) in [5.41, 5.74) is 4.35. The van der Waals surface area contributed by atoms with Gasteiger partial charge >= 0.3 is 0 Å². The van der Waals surface area contributed by atoms with E-state index in [1.807, 2.05) is 54.7 Å². The van der Waals surface area contributed by atoms with Crippen LogP contribution in [-0.2, 0) is 17.9 Å². The number of hydrogen-bond acceptors (Lipinski definition) is 3.